The number of fused-ring (bicyclic) bond motifs is 1. The summed E-state index contributed by atoms with van der Waals surface area (Å²) in [7, 11) is 0. The molecule has 31 heavy (non-hydrogen) atoms. The topological polar surface area (TPSA) is 50.4 Å². The summed E-state index contributed by atoms with van der Waals surface area (Å²) in [5.74, 6) is 1.17. The fourth-order valence-electron chi connectivity index (χ4n) is 4.69. The van der Waals surface area contributed by atoms with Gasteiger partial charge in [0, 0.05) is 23.3 Å². The van der Waals surface area contributed by atoms with Crippen molar-refractivity contribution in [2.24, 2.45) is 0 Å². The van der Waals surface area contributed by atoms with E-state index in [1.165, 1.54) is 5.56 Å². The SMILES string of the molecule is CCOc1ccccc1[C@H]1Nc2ccccc2NC2=C1C(=O)C[C@@H](c1ccccc1)C2. The summed E-state index contributed by atoms with van der Waals surface area (Å²) in [6.07, 6.45) is 1.31. The fourth-order valence-corrected chi connectivity index (χ4v) is 4.69. The van der Waals surface area contributed by atoms with Crippen LogP contribution in [0.25, 0.3) is 0 Å². The number of allylic oxidation sites excluding steroid dienone is 1. The Balaban J connectivity index is 1.63. The molecule has 0 unspecified atom stereocenters. The molecule has 1 aliphatic heterocycles. The van der Waals surface area contributed by atoms with E-state index in [1.54, 1.807) is 0 Å². The number of para-hydroxylation sites is 3. The standard InChI is InChI=1S/C27H26N2O2/c1-2-31-25-15-9-6-12-20(25)27-26-23(28-21-13-7-8-14-22(21)29-27)16-19(17-24(26)30)18-10-4-3-5-11-18/h3-15,19,27-29H,2,16-17H2,1H3/t19-,27+/m0/s1. The van der Waals surface area contributed by atoms with Crippen LogP contribution in [0.15, 0.2) is 90.1 Å². The Hall–Kier alpha value is -3.53. The van der Waals surface area contributed by atoms with Gasteiger partial charge in [-0.2, -0.15) is 0 Å². The molecule has 0 bridgehead atoms. The Morgan fingerprint density at radius 2 is 1.58 bits per heavy atom. The van der Waals surface area contributed by atoms with Crippen LogP contribution in [0.1, 0.15) is 42.9 Å². The van der Waals surface area contributed by atoms with Crippen LogP contribution >= 0.6 is 0 Å². The minimum atomic E-state index is -0.266. The van der Waals surface area contributed by atoms with Crippen molar-refractivity contribution in [3.05, 3.63) is 101 Å². The molecule has 2 aliphatic rings. The van der Waals surface area contributed by atoms with E-state index in [9.17, 15) is 4.79 Å². The van der Waals surface area contributed by atoms with E-state index < -0.39 is 0 Å². The number of benzene rings is 3. The molecule has 0 radical (unpaired) electrons. The average molecular weight is 411 g/mol. The van der Waals surface area contributed by atoms with Crippen LogP contribution in [0.5, 0.6) is 5.75 Å². The summed E-state index contributed by atoms with van der Waals surface area (Å²) in [6, 6.07) is 26.2. The largest absolute Gasteiger partial charge is 0.494 e. The molecule has 156 valence electrons. The number of ketones is 1. The first-order valence-corrected chi connectivity index (χ1v) is 10.9. The van der Waals surface area contributed by atoms with E-state index >= 15 is 0 Å². The first-order chi connectivity index (χ1) is 15.2. The molecular formula is C27H26N2O2. The molecule has 2 N–H and O–H groups in total. The first kappa shape index (κ1) is 19.4. The molecule has 4 heteroatoms. The molecule has 0 fully saturated rings. The van der Waals surface area contributed by atoms with E-state index in [2.05, 4.69) is 41.0 Å². The van der Waals surface area contributed by atoms with Crippen LogP contribution < -0.4 is 15.4 Å². The molecule has 0 amide bonds. The Morgan fingerprint density at radius 3 is 2.39 bits per heavy atom. The Labute approximate surface area is 183 Å². The minimum absolute atomic E-state index is 0.174. The van der Waals surface area contributed by atoms with Crippen molar-refractivity contribution >= 4 is 17.2 Å². The number of carbonyl (C=O) groups excluding carboxylic acids is 1. The highest BCUT2D eigenvalue weighted by molar-refractivity contribution is 6.01. The summed E-state index contributed by atoms with van der Waals surface area (Å²) in [5.41, 5.74) is 5.99. The number of nitrogens with one attached hydrogen (secondary N) is 2. The van der Waals surface area contributed by atoms with Crippen molar-refractivity contribution in [1.82, 2.24) is 0 Å². The summed E-state index contributed by atoms with van der Waals surface area (Å²) in [6.45, 7) is 2.56. The van der Waals surface area contributed by atoms with E-state index in [0.717, 1.165) is 40.4 Å². The zero-order valence-electron chi connectivity index (χ0n) is 17.6. The summed E-state index contributed by atoms with van der Waals surface area (Å²) < 4.78 is 5.93. The molecule has 1 aliphatic carbocycles. The molecule has 3 aromatic rings. The van der Waals surface area contributed by atoms with Gasteiger partial charge in [0.15, 0.2) is 5.78 Å². The highest BCUT2D eigenvalue weighted by Crippen LogP contribution is 2.45. The zero-order chi connectivity index (χ0) is 21.2. The van der Waals surface area contributed by atoms with Gasteiger partial charge in [-0.25, -0.2) is 0 Å². The molecule has 1 heterocycles. The second kappa shape index (κ2) is 8.31. The van der Waals surface area contributed by atoms with Gasteiger partial charge in [-0.1, -0.05) is 60.7 Å². The number of carbonyl (C=O) groups is 1. The van der Waals surface area contributed by atoms with Gasteiger partial charge in [-0.3, -0.25) is 4.79 Å². The van der Waals surface area contributed by atoms with E-state index in [0.29, 0.717) is 13.0 Å². The van der Waals surface area contributed by atoms with Crippen LogP contribution in [-0.2, 0) is 4.79 Å². The third kappa shape index (κ3) is 3.70. The van der Waals surface area contributed by atoms with Crippen LogP contribution in [0.2, 0.25) is 0 Å². The van der Waals surface area contributed by atoms with Gasteiger partial charge in [-0.05, 0) is 43.0 Å². The van der Waals surface area contributed by atoms with Crippen molar-refractivity contribution in [3.63, 3.8) is 0 Å². The molecule has 0 saturated carbocycles. The molecule has 0 aromatic heterocycles. The van der Waals surface area contributed by atoms with Crippen molar-refractivity contribution in [3.8, 4) is 5.75 Å². The zero-order valence-corrected chi connectivity index (χ0v) is 17.6. The Kier molecular flexibility index (Phi) is 5.21. The predicted octanol–water partition coefficient (Wildman–Crippen LogP) is 6.06. The molecular weight excluding hydrogens is 384 g/mol. The monoisotopic (exact) mass is 410 g/mol. The number of ether oxygens (including phenoxy) is 1. The van der Waals surface area contributed by atoms with Crippen LogP contribution in [-0.4, -0.2) is 12.4 Å². The maximum Gasteiger partial charge on any atom is 0.163 e. The van der Waals surface area contributed by atoms with Crippen molar-refractivity contribution < 1.29 is 9.53 Å². The van der Waals surface area contributed by atoms with E-state index in [-0.39, 0.29) is 17.7 Å². The lowest BCUT2D eigenvalue weighted by Crippen LogP contribution is -2.27. The number of Topliss-reactive ketones (excluding diaryl/α,β-unsaturated/α-hetero) is 1. The highest BCUT2D eigenvalue weighted by Gasteiger charge is 2.36. The van der Waals surface area contributed by atoms with Gasteiger partial charge >= 0.3 is 0 Å². The van der Waals surface area contributed by atoms with Crippen molar-refractivity contribution in [1.29, 1.82) is 0 Å². The maximum absolute atomic E-state index is 13.6. The molecule has 3 aromatic carbocycles. The second-order valence-corrected chi connectivity index (χ2v) is 8.05. The van der Waals surface area contributed by atoms with Crippen molar-refractivity contribution in [2.45, 2.75) is 31.7 Å². The lowest BCUT2D eigenvalue weighted by atomic mass is 9.78. The second-order valence-electron chi connectivity index (χ2n) is 8.05. The molecule has 0 saturated heterocycles. The number of rotatable bonds is 4. The van der Waals surface area contributed by atoms with Gasteiger partial charge in [0.2, 0.25) is 0 Å². The molecule has 0 spiro atoms. The summed E-state index contributed by atoms with van der Waals surface area (Å²) in [5, 5.41) is 7.24. The third-order valence-electron chi connectivity index (χ3n) is 6.11. The molecule has 4 nitrogen and oxygen atoms in total. The number of hydrogen-bond donors (Lipinski definition) is 2. The smallest absolute Gasteiger partial charge is 0.163 e. The summed E-state index contributed by atoms with van der Waals surface area (Å²) >= 11 is 0. The lowest BCUT2D eigenvalue weighted by Gasteiger charge is -2.30. The third-order valence-corrected chi connectivity index (χ3v) is 6.11. The van der Waals surface area contributed by atoms with E-state index in [1.807, 2.05) is 55.5 Å². The van der Waals surface area contributed by atoms with E-state index in [4.69, 9.17) is 4.74 Å². The predicted molar refractivity (Wildman–Crippen MR) is 124 cm³/mol. The van der Waals surface area contributed by atoms with Gasteiger partial charge in [-0.15, -0.1) is 0 Å². The van der Waals surface area contributed by atoms with Crippen LogP contribution in [0.3, 0.4) is 0 Å². The fraction of sp³-hybridized carbons (Fsp3) is 0.222. The average Bonchev–Trinajstić information content (AvgIpc) is 2.97. The quantitative estimate of drug-likeness (QED) is 0.548. The Morgan fingerprint density at radius 1 is 0.871 bits per heavy atom. The normalized spacial score (nSPS) is 20.1. The molecule has 2 atom stereocenters. The van der Waals surface area contributed by atoms with Gasteiger partial charge < -0.3 is 15.4 Å². The Bertz CT molecular complexity index is 1140. The maximum atomic E-state index is 13.6. The van der Waals surface area contributed by atoms with Crippen molar-refractivity contribution in [2.75, 3.05) is 17.2 Å². The van der Waals surface area contributed by atoms with Gasteiger partial charge in [0.1, 0.15) is 5.75 Å². The summed E-state index contributed by atoms with van der Waals surface area (Å²) in [4.78, 5) is 13.6. The van der Waals surface area contributed by atoms with Crippen LogP contribution in [0, 0.1) is 0 Å². The number of hydrogen-bond acceptors (Lipinski definition) is 4. The number of anilines is 2. The van der Waals surface area contributed by atoms with Gasteiger partial charge in [0.25, 0.3) is 0 Å². The first-order valence-electron chi connectivity index (χ1n) is 10.9. The van der Waals surface area contributed by atoms with Crippen LogP contribution in [0.4, 0.5) is 11.4 Å². The molecule has 5 rings (SSSR count). The lowest BCUT2D eigenvalue weighted by molar-refractivity contribution is -0.116. The highest BCUT2D eigenvalue weighted by atomic mass is 16.5. The van der Waals surface area contributed by atoms with Gasteiger partial charge in [0.05, 0.1) is 24.0 Å². The minimum Gasteiger partial charge on any atom is -0.494 e.